The fraction of sp³-hybridized carbons (Fsp3) is 0.571. The van der Waals surface area contributed by atoms with Crippen LogP contribution in [0.3, 0.4) is 0 Å². The molecule has 0 N–H and O–H groups in total. The van der Waals surface area contributed by atoms with E-state index in [1.807, 2.05) is 11.9 Å². The van der Waals surface area contributed by atoms with Gasteiger partial charge in [0.1, 0.15) is 0 Å². The van der Waals surface area contributed by atoms with E-state index in [4.69, 9.17) is 11.6 Å². The molecule has 1 nitrogen and oxygen atoms in total. The number of hydrogen-bond donors (Lipinski definition) is 0. The predicted octanol–water partition coefficient (Wildman–Crippen LogP) is 4.93. The van der Waals surface area contributed by atoms with Crippen LogP contribution in [0.2, 0.25) is 0 Å². The van der Waals surface area contributed by atoms with E-state index in [0.717, 1.165) is 13.0 Å². The van der Waals surface area contributed by atoms with Crippen LogP contribution >= 0.6 is 11.6 Å². The van der Waals surface area contributed by atoms with Crippen molar-refractivity contribution in [1.82, 2.24) is 0 Å². The first kappa shape index (κ1) is 16.2. The minimum Gasteiger partial charge on any atom is -0.374 e. The molecule has 1 unspecified atom stereocenters. The molecule has 0 aromatic heterocycles. The fourth-order valence-corrected chi connectivity index (χ4v) is 2.12. The van der Waals surface area contributed by atoms with Crippen LogP contribution < -0.4 is 4.90 Å². The predicted molar refractivity (Wildman–Crippen MR) is 73.7 cm³/mol. The van der Waals surface area contributed by atoms with Crippen molar-refractivity contribution in [2.75, 3.05) is 18.5 Å². The highest BCUT2D eigenvalue weighted by atomic mass is 35.5. The summed E-state index contributed by atoms with van der Waals surface area (Å²) in [7, 11) is 1.81. The van der Waals surface area contributed by atoms with Gasteiger partial charge in [0, 0.05) is 25.2 Å². The Balaban J connectivity index is 3.04. The van der Waals surface area contributed by atoms with Gasteiger partial charge in [0.05, 0.1) is 5.56 Å². The Morgan fingerprint density at radius 3 is 2.42 bits per heavy atom. The van der Waals surface area contributed by atoms with E-state index in [0.29, 0.717) is 11.6 Å². The summed E-state index contributed by atoms with van der Waals surface area (Å²) in [5, 5.41) is 0. The molecular weight excluding hydrogens is 275 g/mol. The standard InChI is InChI=1S/C14H19ClF3N/c1-4-10(2)9-19(3)12-6-5-11(8-15)13(7-12)14(16,17)18/h5-7,10H,4,8-9H2,1-3H3. The van der Waals surface area contributed by atoms with Crippen LogP contribution in [0.1, 0.15) is 31.4 Å². The molecule has 0 fully saturated rings. The van der Waals surface area contributed by atoms with Gasteiger partial charge in [-0.2, -0.15) is 13.2 Å². The minimum atomic E-state index is -4.36. The van der Waals surface area contributed by atoms with Gasteiger partial charge >= 0.3 is 6.18 Å². The molecule has 1 rings (SSSR count). The first-order valence-electron chi connectivity index (χ1n) is 6.26. The van der Waals surface area contributed by atoms with Crippen LogP contribution in [0.15, 0.2) is 18.2 Å². The van der Waals surface area contributed by atoms with E-state index >= 15 is 0 Å². The summed E-state index contributed by atoms with van der Waals surface area (Å²) in [4.78, 5) is 1.85. The fourth-order valence-electron chi connectivity index (χ4n) is 1.88. The summed E-state index contributed by atoms with van der Waals surface area (Å²) >= 11 is 5.56. The second-order valence-corrected chi connectivity index (χ2v) is 5.13. The molecule has 0 aliphatic carbocycles. The van der Waals surface area contributed by atoms with Crippen LogP contribution in [0, 0.1) is 5.92 Å². The van der Waals surface area contributed by atoms with E-state index in [1.165, 1.54) is 12.1 Å². The average Bonchev–Trinajstić information content (AvgIpc) is 2.36. The molecule has 108 valence electrons. The Kier molecular flexibility index (Phi) is 5.53. The SMILES string of the molecule is CCC(C)CN(C)c1ccc(CCl)c(C(F)(F)F)c1. The van der Waals surface area contributed by atoms with Crippen LogP contribution in [-0.2, 0) is 12.1 Å². The average molecular weight is 294 g/mol. The van der Waals surface area contributed by atoms with Gasteiger partial charge in [0.15, 0.2) is 0 Å². The summed E-state index contributed by atoms with van der Waals surface area (Å²) in [5.74, 6) is 0.302. The largest absolute Gasteiger partial charge is 0.416 e. The van der Waals surface area contributed by atoms with Crippen molar-refractivity contribution in [2.24, 2.45) is 5.92 Å². The molecule has 1 atom stereocenters. The lowest BCUT2D eigenvalue weighted by Gasteiger charge is -2.24. The number of rotatable bonds is 5. The lowest BCUT2D eigenvalue weighted by atomic mass is 10.1. The number of halogens is 4. The maximum absolute atomic E-state index is 12.9. The molecule has 19 heavy (non-hydrogen) atoms. The van der Waals surface area contributed by atoms with Crippen LogP contribution in [0.5, 0.6) is 0 Å². The van der Waals surface area contributed by atoms with E-state index in [2.05, 4.69) is 13.8 Å². The molecule has 0 radical (unpaired) electrons. The zero-order valence-corrected chi connectivity index (χ0v) is 12.1. The first-order valence-corrected chi connectivity index (χ1v) is 6.80. The maximum atomic E-state index is 12.9. The van der Waals surface area contributed by atoms with Gasteiger partial charge in [-0.05, 0) is 23.6 Å². The molecule has 1 aromatic carbocycles. The Morgan fingerprint density at radius 1 is 1.32 bits per heavy atom. The quantitative estimate of drug-likeness (QED) is 0.696. The van der Waals surface area contributed by atoms with Crippen molar-refractivity contribution in [3.8, 4) is 0 Å². The lowest BCUT2D eigenvalue weighted by molar-refractivity contribution is -0.138. The van der Waals surface area contributed by atoms with Crippen molar-refractivity contribution < 1.29 is 13.2 Å². The number of hydrogen-bond acceptors (Lipinski definition) is 1. The number of alkyl halides is 4. The molecule has 0 saturated heterocycles. The normalized spacial score (nSPS) is 13.4. The second kappa shape index (κ2) is 6.51. The second-order valence-electron chi connectivity index (χ2n) is 4.87. The summed E-state index contributed by atoms with van der Waals surface area (Å²) in [6.07, 6.45) is -3.37. The highest BCUT2D eigenvalue weighted by molar-refractivity contribution is 6.17. The molecule has 0 aliphatic rings. The van der Waals surface area contributed by atoms with Gasteiger partial charge in [-0.25, -0.2) is 0 Å². The van der Waals surface area contributed by atoms with Gasteiger partial charge in [0.2, 0.25) is 0 Å². The Morgan fingerprint density at radius 2 is 1.95 bits per heavy atom. The molecule has 0 spiro atoms. The molecule has 0 heterocycles. The van der Waals surface area contributed by atoms with E-state index < -0.39 is 11.7 Å². The van der Waals surface area contributed by atoms with E-state index in [-0.39, 0.29) is 11.4 Å². The monoisotopic (exact) mass is 293 g/mol. The molecule has 0 saturated carbocycles. The van der Waals surface area contributed by atoms with Crippen LogP contribution in [0.25, 0.3) is 0 Å². The number of anilines is 1. The Bertz CT molecular complexity index is 418. The smallest absolute Gasteiger partial charge is 0.374 e. The third-order valence-electron chi connectivity index (χ3n) is 3.27. The van der Waals surface area contributed by atoms with Gasteiger partial charge in [-0.3, -0.25) is 0 Å². The third kappa shape index (κ3) is 4.30. The third-order valence-corrected chi connectivity index (χ3v) is 3.55. The highest BCUT2D eigenvalue weighted by Crippen LogP contribution is 2.35. The van der Waals surface area contributed by atoms with E-state index in [9.17, 15) is 13.2 Å². The zero-order chi connectivity index (χ0) is 14.6. The molecule has 0 aliphatic heterocycles. The number of benzene rings is 1. The van der Waals surface area contributed by atoms with Crippen LogP contribution in [0.4, 0.5) is 18.9 Å². The molecule has 1 aromatic rings. The van der Waals surface area contributed by atoms with Gasteiger partial charge in [0.25, 0.3) is 0 Å². The van der Waals surface area contributed by atoms with Crippen molar-refractivity contribution >= 4 is 17.3 Å². The first-order chi connectivity index (χ1) is 8.79. The van der Waals surface area contributed by atoms with Gasteiger partial charge < -0.3 is 4.90 Å². The van der Waals surface area contributed by atoms with Crippen molar-refractivity contribution in [2.45, 2.75) is 32.3 Å². The van der Waals surface area contributed by atoms with Gasteiger partial charge in [-0.15, -0.1) is 11.6 Å². The highest BCUT2D eigenvalue weighted by Gasteiger charge is 2.33. The van der Waals surface area contributed by atoms with Crippen molar-refractivity contribution in [3.63, 3.8) is 0 Å². The van der Waals surface area contributed by atoms with Crippen molar-refractivity contribution in [3.05, 3.63) is 29.3 Å². The lowest BCUT2D eigenvalue weighted by Crippen LogP contribution is -2.24. The molecule has 5 heteroatoms. The molecule has 0 amide bonds. The van der Waals surface area contributed by atoms with Gasteiger partial charge in [-0.1, -0.05) is 26.3 Å². The Labute approximate surface area is 117 Å². The van der Waals surface area contributed by atoms with Crippen LogP contribution in [-0.4, -0.2) is 13.6 Å². The summed E-state index contributed by atoms with van der Waals surface area (Å²) in [5.41, 5.74) is 0.0485. The topological polar surface area (TPSA) is 3.24 Å². The summed E-state index contributed by atoms with van der Waals surface area (Å²) in [6.45, 7) is 4.87. The van der Waals surface area contributed by atoms with E-state index in [1.54, 1.807) is 6.07 Å². The minimum absolute atomic E-state index is 0.120. The number of nitrogens with zero attached hydrogens (tertiary/aromatic N) is 1. The Hall–Kier alpha value is -0.900. The maximum Gasteiger partial charge on any atom is 0.416 e. The molecular formula is C14H19ClF3N. The summed E-state index contributed by atoms with van der Waals surface area (Å²) in [6, 6.07) is 4.33. The molecule has 0 bridgehead atoms. The van der Waals surface area contributed by atoms with Crippen molar-refractivity contribution in [1.29, 1.82) is 0 Å². The summed E-state index contributed by atoms with van der Waals surface area (Å²) < 4.78 is 38.8. The zero-order valence-electron chi connectivity index (χ0n) is 11.4.